The molecule has 0 radical (unpaired) electrons. The van der Waals surface area contributed by atoms with E-state index in [2.05, 4.69) is 54.3 Å². The molecule has 5 nitrogen and oxygen atoms in total. The van der Waals surface area contributed by atoms with Gasteiger partial charge in [-0.3, -0.25) is 14.5 Å². The van der Waals surface area contributed by atoms with Crippen LogP contribution in [0.3, 0.4) is 0 Å². The van der Waals surface area contributed by atoms with Crippen LogP contribution in [0.4, 0.5) is 0 Å². The summed E-state index contributed by atoms with van der Waals surface area (Å²) in [6.45, 7) is 11.6. The van der Waals surface area contributed by atoms with Gasteiger partial charge in [-0.15, -0.1) is 0 Å². The molecule has 146 valence electrons. The van der Waals surface area contributed by atoms with Crippen LogP contribution in [0, 0.1) is 19.8 Å². The first-order valence-electron chi connectivity index (χ1n) is 10.1. The summed E-state index contributed by atoms with van der Waals surface area (Å²) < 4.78 is 2.09. The smallest absolute Gasteiger partial charge is 0.223 e. The van der Waals surface area contributed by atoms with E-state index in [9.17, 15) is 4.79 Å². The fourth-order valence-electron chi connectivity index (χ4n) is 3.83. The van der Waals surface area contributed by atoms with Gasteiger partial charge in [0.15, 0.2) is 0 Å². The van der Waals surface area contributed by atoms with E-state index >= 15 is 0 Å². The summed E-state index contributed by atoms with van der Waals surface area (Å²) in [4.78, 5) is 19.6. The lowest BCUT2D eigenvalue weighted by Gasteiger charge is -2.29. The molecule has 1 amide bonds. The van der Waals surface area contributed by atoms with Crippen LogP contribution in [0.15, 0.2) is 24.4 Å². The lowest BCUT2D eigenvalue weighted by atomic mass is 10.1. The third-order valence-corrected chi connectivity index (χ3v) is 5.42. The van der Waals surface area contributed by atoms with Gasteiger partial charge in [0.05, 0.1) is 17.4 Å². The molecule has 2 heterocycles. The Labute approximate surface area is 162 Å². The van der Waals surface area contributed by atoms with Crippen LogP contribution in [-0.2, 0) is 17.8 Å². The van der Waals surface area contributed by atoms with E-state index in [1.165, 1.54) is 11.3 Å². The predicted octanol–water partition coefficient (Wildman–Crippen LogP) is 4.24. The van der Waals surface area contributed by atoms with E-state index in [1.54, 1.807) is 6.20 Å². The maximum atomic E-state index is 13.1. The van der Waals surface area contributed by atoms with Crippen molar-refractivity contribution in [1.29, 1.82) is 0 Å². The van der Waals surface area contributed by atoms with Gasteiger partial charge in [-0.1, -0.05) is 19.9 Å². The van der Waals surface area contributed by atoms with Crippen LogP contribution in [0.2, 0.25) is 0 Å². The topological polar surface area (TPSA) is 51.0 Å². The molecular weight excluding hydrogens is 336 g/mol. The zero-order valence-electron chi connectivity index (χ0n) is 17.3. The second kappa shape index (κ2) is 8.24. The molecule has 1 aliphatic rings. The first kappa shape index (κ1) is 19.6. The molecule has 5 heteroatoms. The molecule has 27 heavy (non-hydrogen) atoms. The van der Waals surface area contributed by atoms with Crippen molar-refractivity contribution in [1.82, 2.24) is 19.7 Å². The van der Waals surface area contributed by atoms with E-state index in [4.69, 9.17) is 0 Å². The molecule has 0 N–H and O–H groups in total. The molecule has 0 saturated heterocycles. The molecule has 1 saturated carbocycles. The highest BCUT2D eigenvalue weighted by Gasteiger charge is 2.36. The SMILES string of the molecule is Cc1nn(CC(C)C)c(C)c1CCC(=O)N(C1CC1)C(C)c1ccccn1. The second-order valence-corrected chi connectivity index (χ2v) is 8.19. The van der Waals surface area contributed by atoms with Gasteiger partial charge in [0.1, 0.15) is 0 Å². The van der Waals surface area contributed by atoms with Crippen molar-refractivity contribution in [3.05, 3.63) is 47.0 Å². The zero-order valence-corrected chi connectivity index (χ0v) is 17.3. The maximum Gasteiger partial charge on any atom is 0.223 e. The largest absolute Gasteiger partial charge is 0.331 e. The number of hydrogen-bond acceptors (Lipinski definition) is 3. The van der Waals surface area contributed by atoms with Crippen molar-refractivity contribution >= 4 is 5.91 Å². The molecule has 1 aliphatic carbocycles. The van der Waals surface area contributed by atoms with Gasteiger partial charge in [-0.2, -0.15) is 5.10 Å². The fourth-order valence-corrected chi connectivity index (χ4v) is 3.83. The van der Waals surface area contributed by atoms with Gasteiger partial charge < -0.3 is 4.90 Å². The minimum absolute atomic E-state index is 0.0251. The number of rotatable bonds is 8. The summed E-state index contributed by atoms with van der Waals surface area (Å²) in [7, 11) is 0. The molecule has 1 atom stereocenters. The predicted molar refractivity (Wildman–Crippen MR) is 107 cm³/mol. The highest BCUT2D eigenvalue weighted by atomic mass is 16.2. The Hall–Kier alpha value is -2.17. The van der Waals surface area contributed by atoms with Crippen molar-refractivity contribution in [2.45, 2.75) is 78.9 Å². The van der Waals surface area contributed by atoms with Gasteiger partial charge in [0.25, 0.3) is 0 Å². The molecule has 2 aromatic rings. The number of hydrogen-bond donors (Lipinski definition) is 0. The van der Waals surface area contributed by atoms with Crippen LogP contribution in [0.25, 0.3) is 0 Å². The van der Waals surface area contributed by atoms with Crippen molar-refractivity contribution in [3.63, 3.8) is 0 Å². The Morgan fingerprint density at radius 1 is 1.26 bits per heavy atom. The number of aryl methyl sites for hydroxylation is 1. The van der Waals surface area contributed by atoms with Crippen molar-refractivity contribution in [2.75, 3.05) is 0 Å². The van der Waals surface area contributed by atoms with E-state index < -0.39 is 0 Å². The summed E-state index contributed by atoms with van der Waals surface area (Å²) in [6.07, 6.45) is 5.30. The van der Waals surface area contributed by atoms with E-state index in [-0.39, 0.29) is 11.9 Å². The van der Waals surface area contributed by atoms with Crippen LogP contribution < -0.4 is 0 Å². The quantitative estimate of drug-likeness (QED) is 0.700. The molecule has 0 aromatic carbocycles. The van der Waals surface area contributed by atoms with Crippen molar-refractivity contribution < 1.29 is 4.79 Å². The molecule has 0 aliphatic heterocycles. The third kappa shape index (κ3) is 4.57. The number of carbonyl (C=O) groups excluding carboxylic acids is 1. The van der Waals surface area contributed by atoms with E-state index in [0.29, 0.717) is 18.4 Å². The third-order valence-electron chi connectivity index (χ3n) is 5.42. The van der Waals surface area contributed by atoms with Crippen LogP contribution in [0.5, 0.6) is 0 Å². The molecule has 1 fully saturated rings. The fraction of sp³-hybridized carbons (Fsp3) is 0.591. The summed E-state index contributed by atoms with van der Waals surface area (Å²) >= 11 is 0. The highest BCUT2D eigenvalue weighted by Crippen LogP contribution is 2.34. The van der Waals surface area contributed by atoms with Gasteiger partial charge in [-0.25, -0.2) is 0 Å². The lowest BCUT2D eigenvalue weighted by molar-refractivity contribution is -0.134. The monoisotopic (exact) mass is 368 g/mol. The Bertz CT molecular complexity index is 777. The summed E-state index contributed by atoms with van der Waals surface area (Å²) in [5.74, 6) is 0.785. The van der Waals surface area contributed by atoms with Crippen LogP contribution in [0.1, 0.15) is 68.7 Å². The molecule has 0 bridgehead atoms. The average Bonchev–Trinajstić information content (AvgIpc) is 3.42. The van der Waals surface area contributed by atoms with Gasteiger partial charge >= 0.3 is 0 Å². The second-order valence-electron chi connectivity index (χ2n) is 8.19. The lowest BCUT2D eigenvalue weighted by Crippen LogP contribution is -2.36. The summed E-state index contributed by atoms with van der Waals surface area (Å²) in [6, 6.07) is 6.32. The van der Waals surface area contributed by atoms with Gasteiger partial charge in [0, 0.05) is 30.9 Å². The number of pyridine rings is 1. The van der Waals surface area contributed by atoms with Crippen LogP contribution in [-0.4, -0.2) is 31.6 Å². The van der Waals surface area contributed by atoms with Gasteiger partial charge in [-0.05, 0) is 63.6 Å². The highest BCUT2D eigenvalue weighted by molar-refractivity contribution is 5.77. The maximum absolute atomic E-state index is 13.1. The molecule has 3 rings (SSSR count). The molecular formula is C22H32N4O. The summed E-state index contributed by atoms with van der Waals surface area (Å²) in [5, 5.41) is 4.69. The number of carbonyl (C=O) groups is 1. The minimum Gasteiger partial charge on any atom is -0.331 e. The Balaban J connectivity index is 1.70. The number of aromatic nitrogens is 3. The summed E-state index contributed by atoms with van der Waals surface area (Å²) in [5.41, 5.74) is 4.45. The number of nitrogens with zero attached hydrogens (tertiary/aromatic N) is 4. The normalized spacial score (nSPS) is 15.2. The Morgan fingerprint density at radius 3 is 2.59 bits per heavy atom. The Kier molecular flexibility index (Phi) is 5.98. The number of amides is 1. The van der Waals surface area contributed by atoms with E-state index in [0.717, 1.165) is 37.2 Å². The average molecular weight is 369 g/mol. The first-order valence-corrected chi connectivity index (χ1v) is 10.1. The molecule has 2 aromatic heterocycles. The Morgan fingerprint density at radius 2 is 2.00 bits per heavy atom. The van der Waals surface area contributed by atoms with Crippen LogP contribution >= 0.6 is 0 Å². The molecule has 1 unspecified atom stereocenters. The standard InChI is InChI=1S/C22H32N4O/c1-15(2)14-25-17(4)20(16(3)24-25)11-12-22(27)26(19-9-10-19)18(5)21-8-6-7-13-23-21/h6-8,13,15,18-19H,9-12,14H2,1-5H3. The molecule has 0 spiro atoms. The minimum atomic E-state index is 0.0251. The van der Waals surface area contributed by atoms with Gasteiger partial charge in [0.2, 0.25) is 5.91 Å². The zero-order chi connectivity index (χ0) is 19.6. The van der Waals surface area contributed by atoms with E-state index in [1.807, 2.05) is 18.2 Å². The van der Waals surface area contributed by atoms with Crippen molar-refractivity contribution in [3.8, 4) is 0 Å². The van der Waals surface area contributed by atoms with Crippen molar-refractivity contribution in [2.24, 2.45) is 5.92 Å². The first-order chi connectivity index (χ1) is 12.9.